The smallest absolute Gasteiger partial charge is 0.257 e. The van der Waals surface area contributed by atoms with Gasteiger partial charge in [-0.2, -0.15) is 0 Å². The zero-order chi connectivity index (χ0) is 22.4. The first-order valence-corrected chi connectivity index (χ1v) is 11.0. The highest BCUT2D eigenvalue weighted by Gasteiger charge is 2.16. The third-order valence-corrected chi connectivity index (χ3v) is 5.95. The van der Waals surface area contributed by atoms with E-state index < -0.39 is 0 Å². The predicted molar refractivity (Wildman–Crippen MR) is 128 cm³/mol. The average molecular weight is 475 g/mol. The van der Waals surface area contributed by atoms with Crippen LogP contribution in [0.25, 0.3) is 0 Å². The van der Waals surface area contributed by atoms with Gasteiger partial charge in [0.05, 0.1) is 22.9 Å². The topological polar surface area (TPSA) is 67.4 Å². The first-order valence-electron chi connectivity index (χ1n) is 9.34. The summed E-state index contributed by atoms with van der Waals surface area (Å²) in [6.07, 6.45) is 0. The summed E-state index contributed by atoms with van der Waals surface area (Å²) in [5.41, 5.74) is 1.62. The maximum atomic E-state index is 12.5. The van der Waals surface area contributed by atoms with Gasteiger partial charge >= 0.3 is 0 Å². The highest BCUT2D eigenvalue weighted by Crippen LogP contribution is 2.28. The summed E-state index contributed by atoms with van der Waals surface area (Å²) in [7, 11) is 1.59. The summed E-state index contributed by atoms with van der Waals surface area (Å²) >= 11 is 13.4. The maximum Gasteiger partial charge on any atom is 0.257 e. The van der Waals surface area contributed by atoms with Crippen molar-refractivity contribution >= 4 is 58.2 Å². The Bertz CT molecular complexity index is 1090. The molecule has 0 aliphatic carbocycles. The van der Waals surface area contributed by atoms with Gasteiger partial charge in [0, 0.05) is 21.3 Å². The minimum atomic E-state index is -0.348. The monoisotopic (exact) mass is 474 g/mol. The van der Waals surface area contributed by atoms with E-state index >= 15 is 0 Å². The Balaban J connectivity index is 1.62. The van der Waals surface area contributed by atoms with Gasteiger partial charge in [-0.25, -0.2) is 0 Å². The van der Waals surface area contributed by atoms with Crippen molar-refractivity contribution in [2.45, 2.75) is 17.1 Å². The zero-order valence-electron chi connectivity index (χ0n) is 16.8. The van der Waals surface area contributed by atoms with E-state index in [4.69, 9.17) is 27.9 Å². The average Bonchev–Trinajstić information content (AvgIpc) is 2.74. The van der Waals surface area contributed by atoms with E-state index in [0.717, 1.165) is 10.6 Å². The van der Waals surface area contributed by atoms with Crippen LogP contribution in [0.2, 0.25) is 10.0 Å². The van der Waals surface area contributed by atoms with Gasteiger partial charge < -0.3 is 15.4 Å². The van der Waals surface area contributed by atoms with Crippen molar-refractivity contribution in [2.24, 2.45) is 0 Å². The summed E-state index contributed by atoms with van der Waals surface area (Å²) in [6.45, 7) is 1.82. The number of nitrogens with one attached hydrogen (secondary N) is 2. The van der Waals surface area contributed by atoms with E-state index in [1.807, 2.05) is 25.1 Å². The first kappa shape index (κ1) is 23.0. The molecule has 2 amide bonds. The van der Waals surface area contributed by atoms with Crippen molar-refractivity contribution in [3.63, 3.8) is 0 Å². The molecule has 1 unspecified atom stereocenters. The van der Waals surface area contributed by atoms with Gasteiger partial charge in [0.1, 0.15) is 5.75 Å². The van der Waals surface area contributed by atoms with Crippen LogP contribution in [-0.2, 0) is 4.79 Å². The second kappa shape index (κ2) is 10.6. The highest BCUT2D eigenvalue weighted by molar-refractivity contribution is 8.00. The summed E-state index contributed by atoms with van der Waals surface area (Å²) in [4.78, 5) is 25.9. The lowest BCUT2D eigenvalue weighted by molar-refractivity contribution is -0.115. The van der Waals surface area contributed by atoms with Gasteiger partial charge in [0.2, 0.25) is 5.91 Å². The Hall–Kier alpha value is -2.67. The number of hydrogen-bond acceptors (Lipinski definition) is 4. The number of rotatable bonds is 7. The molecule has 0 aliphatic heterocycles. The van der Waals surface area contributed by atoms with Crippen LogP contribution < -0.4 is 15.4 Å². The van der Waals surface area contributed by atoms with Gasteiger partial charge in [0.15, 0.2) is 0 Å². The number of amides is 2. The summed E-state index contributed by atoms with van der Waals surface area (Å²) in [5.74, 6) is 0.255. The zero-order valence-corrected chi connectivity index (χ0v) is 19.1. The summed E-state index contributed by atoms with van der Waals surface area (Å²) < 4.78 is 5.12. The molecule has 1 atom stereocenters. The van der Waals surface area contributed by atoms with E-state index in [1.54, 1.807) is 49.6 Å². The molecule has 0 saturated carbocycles. The number of carbonyl (C=O) groups excluding carboxylic acids is 2. The molecule has 0 bridgehead atoms. The van der Waals surface area contributed by atoms with Crippen LogP contribution >= 0.6 is 35.0 Å². The fraction of sp³-hybridized carbons (Fsp3) is 0.130. The molecular formula is C23H20Cl2N2O3S. The van der Waals surface area contributed by atoms with E-state index in [0.29, 0.717) is 22.0 Å². The number of anilines is 2. The molecule has 5 nitrogen and oxygen atoms in total. The van der Waals surface area contributed by atoms with Gasteiger partial charge in [-0.1, -0.05) is 29.3 Å². The number of benzene rings is 3. The van der Waals surface area contributed by atoms with Crippen LogP contribution in [0.4, 0.5) is 11.4 Å². The molecule has 8 heteroatoms. The molecule has 0 heterocycles. The Morgan fingerprint density at radius 2 is 1.68 bits per heavy atom. The minimum Gasteiger partial charge on any atom is -0.497 e. The van der Waals surface area contributed by atoms with E-state index in [2.05, 4.69) is 10.6 Å². The lowest BCUT2D eigenvalue weighted by Gasteiger charge is -2.13. The number of thioether (sulfide) groups is 1. The highest BCUT2D eigenvalue weighted by atomic mass is 35.5. The molecule has 3 aromatic rings. The second-order valence-electron chi connectivity index (χ2n) is 6.58. The van der Waals surface area contributed by atoms with Gasteiger partial charge in [-0.05, 0) is 67.6 Å². The predicted octanol–water partition coefficient (Wildman–Crippen LogP) is 6.37. The van der Waals surface area contributed by atoms with Crippen molar-refractivity contribution in [2.75, 3.05) is 17.7 Å². The third-order valence-electron chi connectivity index (χ3n) is 4.31. The molecule has 0 spiro atoms. The minimum absolute atomic E-state index is 0.127. The van der Waals surface area contributed by atoms with E-state index in [-0.39, 0.29) is 22.1 Å². The van der Waals surface area contributed by atoms with Crippen LogP contribution in [0, 0.1) is 0 Å². The molecule has 31 heavy (non-hydrogen) atoms. The number of hydrogen-bond donors (Lipinski definition) is 2. The Labute approximate surface area is 195 Å². The van der Waals surface area contributed by atoms with Crippen LogP contribution in [-0.4, -0.2) is 24.2 Å². The summed E-state index contributed by atoms with van der Waals surface area (Å²) in [6, 6.07) is 19.1. The van der Waals surface area contributed by atoms with Gasteiger partial charge in [-0.3, -0.25) is 9.59 Å². The summed E-state index contributed by atoms with van der Waals surface area (Å²) in [5, 5.41) is 6.09. The normalized spacial score (nSPS) is 11.5. The quantitative estimate of drug-likeness (QED) is 0.390. The van der Waals surface area contributed by atoms with Crippen LogP contribution in [0.15, 0.2) is 71.6 Å². The second-order valence-corrected chi connectivity index (χ2v) is 8.84. The van der Waals surface area contributed by atoms with Crippen LogP contribution in [0.1, 0.15) is 17.3 Å². The maximum absolute atomic E-state index is 12.5. The molecule has 2 N–H and O–H groups in total. The van der Waals surface area contributed by atoms with Crippen molar-refractivity contribution < 1.29 is 14.3 Å². The molecule has 3 aromatic carbocycles. The molecule has 160 valence electrons. The van der Waals surface area contributed by atoms with Crippen molar-refractivity contribution in [1.82, 2.24) is 0 Å². The van der Waals surface area contributed by atoms with Crippen molar-refractivity contribution in [3.05, 3.63) is 82.3 Å². The molecule has 0 saturated heterocycles. The molecular weight excluding hydrogens is 455 g/mol. The van der Waals surface area contributed by atoms with Crippen LogP contribution in [0.3, 0.4) is 0 Å². The van der Waals surface area contributed by atoms with Crippen molar-refractivity contribution in [1.29, 1.82) is 0 Å². The lowest BCUT2D eigenvalue weighted by Crippen LogP contribution is -2.22. The molecule has 3 rings (SSSR count). The van der Waals surface area contributed by atoms with Crippen molar-refractivity contribution in [3.8, 4) is 5.75 Å². The molecule has 0 aromatic heterocycles. The largest absolute Gasteiger partial charge is 0.497 e. The lowest BCUT2D eigenvalue weighted by atomic mass is 10.2. The Morgan fingerprint density at radius 1 is 0.935 bits per heavy atom. The van der Waals surface area contributed by atoms with Crippen LogP contribution in [0.5, 0.6) is 5.75 Å². The van der Waals surface area contributed by atoms with Gasteiger partial charge in [-0.15, -0.1) is 11.8 Å². The van der Waals surface area contributed by atoms with E-state index in [9.17, 15) is 9.59 Å². The number of methoxy groups -OCH3 is 1. The number of carbonyl (C=O) groups is 2. The number of halogens is 2. The third kappa shape index (κ3) is 6.40. The molecule has 0 fully saturated rings. The first-order chi connectivity index (χ1) is 14.9. The standard InChI is InChI=1S/C23H20Cl2N2O3S/c1-14(22(28)26-16-7-9-18(30-2)10-8-16)31-19-5-3-4-17(13-19)27-23(29)20-11-6-15(24)12-21(20)25/h3-14H,1-2H3,(H,26,28)(H,27,29). The fourth-order valence-corrected chi connectivity index (χ4v) is 4.12. The molecule has 0 radical (unpaired) electrons. The molecule has 0 aliphatic rings. The Morgan fingerprint density at radius 3 is 2.35 bits per heavy atom. The fourth-order valence-electron chi connectivity index (χ4n) is 2.70. The van der Waals surface area contributed by atoms with E-state index in [1.165, 1.54) is 17.8 Å². The SMILES string of the molecule is COc1ccc(NC(=O)C(C)Sc2cccc(NC(=O)c3ccc(Cl)cc3Cl)c2)cc1. The Kier molecular flexibility index (Phi) is 7.85. The number of ether oxygens (including phenoxy) is 1. The van der Waals surface area contributed by atoms with Gasteiger partial charge in [0.25, 0.3) is 5.91 Å².